The normalized spacial score (nSPS) is 33.4. The van der Waals surface area contributed by atoms with Crippen LogP contribution in [0, 0.1) is 5.92 Å². The first kappa shape index (κ1) is 10.4. The van der Waals surface area contributed by atoms with Gasteiger partial charge >= 0.3 is 0 Å². The molecular weight excluding hydrogens is 174 g/mol. The summed E-state index contributed by atoms with van der Waals surface area (Å²) >= 11 is 0. The van der Waals surface area contributed by atoms with Gasteiger partial charge in [-0.1, -0.05) is 12.8 Å². The summed E-state index contributed by atoms with van der Waals surface area (Å²) in [6.45, 7) is 2.44. The minimum absolute atomic E-state index is 0.289. The van der Waals surface area contributed by atoms with Crippen molar-refractivity contribution < 1.29 is 5.11 Å². The quantitative estimate of drug-likeness (QED) is 0.732. The molecule has 0 aromatic rings. The van der Waals surface area contributed by atoms with Crippen LogP contribution in [-0.2, 0) is 0 Å². The number of nitrogens with zero attached hydrogens (tertiary/aromatic N) is 1. The number of piperidine rings is 1. The second kappa shape index (κ2) is 4.19. The van der Waals surface area contributed by atoms with Crippen LogP contribution in [0.1, 0.15) is 44.9 Å². The maximum atomic E-state index is 10.3. The molecule has 1 saturated carbocycles. The standard InChI is InChI=1S/C12H23NO/c1-13-8-4-5-11(10-13)9-12(14)6-2-3-7-12/h11,14H,2-10H2,1H3. The third-order valence-corrected chi connectivity index (χ3v) is 3.92. The highest BCUT2D eigenvalue weighted by atomic mass is 16.3. The summed E-state index contributed by atoms with van der Waals surface area (Å²) < 4.78 is 0. The molecule has 2 rings (SSSR count). The molecular formula is C12H23NO. The highest BCUT2D eigenvalue weighted by molar-refractivity contribution is 4.88. The molecule has 0 aromatic heterocycles. The average molecular weight is 197 g/mol. The van der Waals surface area contributed by atoms with E-state index in [1.54, 1.807) is 0 Å². The molecule has 1 aliphatic carbocycles. The van der Waals surface area contributed by atoms with Gasteiger partial charge in [-0.25, -0.2) is 0 Å². The van der Waals surface area contributed by atoms with E-state index in [4.69, 9.17) is 0 Å². The van der Waals surface area contributed by atoms with Gasteiger partial charge in [0.1, 0.15) is 0 Å². The molecule has 1 heterocycles. The largest absolute Gasteiger partial charge is 0.390 e. The van der Waals surface area contributed by atoms with Gasteiger partial charge in [0, 0.05) is 6.54 Å². The van der Waals surface area contributed by atoms with Gasteiger partial charge in [0.25, 0.3) is 0 Å². The zero-order chi connectivity index (χ0) is 10.0. The Kier molecular flexibility index (Phi) is 3.13. The zero-order valence-electron chi connectivity index (χ0n) is 9.34. The Morgan fingerprint density at radius 1 is 1.29 bits per heavy atom. The molecule has 0 spiro atoms. The predicted molar refractivity (Wildman–Crippen MR) is 58.3 cm³/mol. The molecule has 1 saturated heterocycles. The third-order valence-electron chi connectivity index (χ3n) is 3.92. The minimum Gasteiger partial charge on any atom is -0.390 e. The van der Waals surface area contributed by atoms with Crippen LogP contribution in [0.3, 0.4) is 0 Å². The predicted octanol–water partition coefficient (Wildman–Crippen LogP) is 2.02. The van der Waals surface area contributed by atoms with Gasteiger partial charge in [-0.2, -0.15) is 0 Å². The van der Waals surface area contributed by atoms with Gasteiger partial charge < -0.3 is 10.0 Å². The Hall–Kier alpha value is -0.0800. The van der Waals surface area contributed by atoms with Gasteiger partial charge in [0.05, 0.1) is 5.60 Å². The van der Waals surface area contributed by atoms with Crippen molar-refractivity contribution in [3.05, 3.63) is 0 Å². The molecule has 0 aromatic carbocycles. The van der Waals surface area contributed by atoms with E-state index >= 15 is 0 Å². The fourth-order valence-electron chi connectivity index (χ4n) is 3.21. The monoisotopic (exact) mass is 197 g/mol. The van der Waals surface area contributed by atoms with Crippen LogP contribution < -0.4 is 0 Å². The molecule has 0 bridgehead atoms. The van der Waals surface area contributed by atoms with Crippen LogP contribution in [0.4, 0.5) is 0 Å². The van der Waals surface area contributed by atoms with E-state index < -0.39 is 0 Å². The van der Waals surface area contributed by atoms with E-state index in [-0.39, 0.29) is 5.60 Å². The van der Waals surface area contributed by atoms with Crippen LogP contribution in [0.5, 0.6) is 0 Å². The summed E-state index contributed by atoms with van der Waals surface area (Å²) in [7, 11) is 2.20. The molecule has 14 heavy (non-hydrogen) atoms. The molecule has 0 radical (unpaired) electrons. The molecule has 2 nitrogen and oxygen atoms in total. The van der Waals surface area contributed by atoms with Crippen molar-refractivity contribution in [2.75, 3.05) is 20.1 Å². The van der Waals surface area contributed by atoms with E-state index in [0.29, 0.717) is 0 Å². The molecule has 1 N–H and O–H groups in total. The van der Waals surface area contributed by atoms with E-state index in [9.17, 15) is 5.11 Å². The Balaban J connectivity index is 1.83. The van der Waals surface area contributed by atoms with Gasteiger partial charge in [-0.05, 0) is 51.6 Å². The van der Waals surface area contributed by atoms with Crippen molar-refractivity contribution in [1.29, 1.82) is 0 Å². The molecule has 0 amide bonds. The van der Waals surface area contributed by atoms with Gasteiger partial charge in [-0.3, -0.25) is 0 Å². The SMILES string of the molecule is CN1CCCC(CC2(O)CCCC2)C1. The highest BCUT2D eigenvalue weighted by Gasteiger charge is 2.34. The minimum atomic E-state index is -0.289. The van der Waals surface area contributed by atoms with Crippen molar-refractivity contribution in [2.45, 2.75) is 50.5 Å². The van der Waals surface area contributed by atoms with Crippen LogP contribution in [0.15, 0.2) is 0 Å². The molecule has 82 valence electrons. The summed E-state index contributed by atoms with van der Waals surface area (Å²) in [5.41, 5.74) is -0.289. The smallest absolute Gasteiger partial charge is 0.0651 e. The topological polar surface area (TPSA) is 23.5 Å². The van der Waals surface area contributed by atoms with Crippen molar-refractivity contribution >= 4 is 0 Å². The molecule has 1 unspecified atom stereocenters. The number of aliphatic hydroxyl groups is 1. The van der Waals surface area contributed by atoms with Gasteiger partial charge in [-0.15, -0.1) is 0 Å². The first-order valence-corrected chi connectivity index (χ1v) is 6.09. The van der Waals surface area contributed by atoms with Crippen LogP contribution >= 0.6 is 0 Å². The van der Waals surface area contributed by atoms with Crippen molar-refractivity contribution in [2.24, 2.45) is 5.92 Å². The van der Waals surface area contributed by atoms with E-state index in [0.717, 1.165) is 25.2 Å². The molecule has 1 aliphatic heterocycles. The van der Waals surface area contributed by atoms with Crippen LogP contribution in [0.25, 0.3) is 0 Å². The lowest BCUT2D eigenvalue weighted by Crippen LogP contribution is -2.37. The summed E-state index contributed by atoms with van der Waals surface area (Å²) in [5.74, 6) is 0.747. The van der Waals surface area contributed by atoms with Crippen molar-refractivity contribution in [3.63, 3.8) is 0 Å². The second-order valence-electron chi connectivity index (χ2n) is 5.41. The van der Waals surface area contributed by atoms with E-state index in [1.165, 1.54) is 38.8 Å². The van der Waals surface area contributed by atoms with E-state index in [1.807, 2.05) is 0 Å². The van der Waals surface area contributed by atoms with Crippen molar-refractivity contribution in [1.82, 2.24) is 4.90 Å². The zero-order valence-corrected chi connectivity index (χ0v) is 9.34. The van der Waals surface area contributed by atoms with Gasteiger partial charge in [0.15, 0.2) is 0 Å². The molecule has 2 fully saturated rings. The fourth-order valence-corrected chi connectivity index (χ4v) is 3.21. The lowest BCUT2D eigenvalue weighted by Gasteiger charge is -2.34. The number of hydrogen-bond acceptors (Lipinski definition) is 2. The Labute approximate surface area is 87.3 Å². The molecule has 1 atom stereocenters. The second-order valence-corrected chi connectivity index (χ2v) is 5.41. The molecule has 2 heteroatoms. The lowest BCUT2D eigenvalue weighted by molar-refractivity contribution is 0.0105. The molecule has 2 aliphatic rings. The lowest BCUT2D eigenvalue weighted by atomic mass is 9.84. The number of likely N-dealkylation sites (tertiary alicyclic amines) is 1. The first-order chi connectivity index (χ1) is 6.68. The fraction of sp³-hybridized carbons (Fsp3) is 1.00. The summed E-state index contributed by atoms with van der Waals surface area (Å²) in [5, 5.41) is 10.3. The van der Waals surface area contributed by atoms with Crippen molar-refractivity contribution in [3.8, 4) is 0 Å². The summed E-state index contributed by atoms with van der Waals surface area (Å²) in [6, 6.07) is 0. The summed E-state index contributed by atoms with van der Waals surface area (Å²) in [6.07, 6.45) is 8.26. The maximum Gasteiger partial charge on any atom is 0.0651 e. The summed E-state index contributed by atoms with van der Waals surface area (Å²) in [4.78, 5) is 2.41. The van der Waals surface area contributed by atoms with Crippen LogP contribution in [0.2, 0.25) is 0 Å². The Morgan fingerprint density at radius 3 is 2.64 bits per heavy atom. The first-order valence-electron chi connectivity index (χ1n) is 6.09. The number of hydrogen-bond donors (Lipinski definition) is 1. The highest BCUT2D eigenvalue weighted by Crippen LogP contribution is 2.36. The van der Waals surface area contributed by atoms with E-state index in [2.05, 4.69) is 11.9 Å². The third kappa shape index (κ3) is 2.48. The Morgan fingerprint density at radius 2 is 2.00 bits per heavy atom. The Bertz CT molecular complexity index is 187. The maximum absolute atomic E-state index is 10.3. The number of rotatable bonds is 2. The van der Waals surface area contributed by atoms with Gasteiger partial charge in [0.2, 0.25) is 0 Å². The van der Waals surface area contributed by atoms with Crippen LogP contribution in [-0.4, -0.2) is 35.7 Å². The average Bonchev–Trinajstić information content (AvgIpc) is 2.51.